The van der Waals surface area contributed by atoms with Crippen molar-refractivity contribution in [3.8, 4) is 0 Å². The molecule has 0 aliphatic heterocycles. The van der Waals surface area contributed by atoms with Crippen LogP contribution in [0.2, 0.25) is 0 Å². The van der Waals surface area contributed by atoms with Crippen LogP contribution in [0.1, 0.15) is 24.2 Å². The Kier molecular flexibility index (Phi) is 2.97. The number of carbonyl (C=O) groups is 1. The third-order valence-electron chi connectivity index (χ3n) is 1.72. The predicted octanol–water partition coefficient (Wildman–Crippen LogP) is 1.21. The van der Waals surface area contributed by atoms with Crippen molar-refractivity contribution in [3.63, 3.8) is 0 Å². The zero-order valence-electron chi connectivity index (χ0n) is 7.74. The fourth-order valence-corrected chi connectivity index (χ4v) is 0.958. The number of anilines is 1. The van der Waals surface area contributed by atoms with Crippen LogP contribution in [0.5, 0.6) is 0 Å². The zero-order valence-corrected chi connectivity index (χ0v) is 7.74. The molecule has 0 radical (unpaired) electrons. The van der Waals surface area contributed by atoms with E-state index in [9.17, 15) is 4.79 Å². The summed E-state index contributed by atoms with van der Waals surface area (Å²) in [5.41, 5.74) is 3.02. The van der Waals surface area contributed by atoms with E-state index in [0.717, 1.165) is 0 Å². The van der Waals surface area contributed by atoms with Crippen molar-refractivity contribution < 1.29 is 4.79 Å². The fourth-order valence-electron chi connectivity index (χ4n) is 0.958. The molecule has 70 valence electrons. The van der Waals surface area contributed by atoms with E-state index in [4.69, 9.17) is 5.84 Å². The van der Waals surface area contributed by atoms with E-state index in [1.807, 2.05) is 13.8 Å². The maximum absolute atomic E-state index is 11.5. The molecule has 0 saturated carbocycles. The van der Waals surface area contributed by atoms with Gasteiger partial charge in [-0.15, -0.1) is 0 Å². The molecule has 1 aromatic heterocycles. The molecule has 0 atom stereocenters. The quantitative estimate of drug-likeness (QED) is 0.415. The monoisotopic (exact) mass is 179 g/mol. The van der Waals surface area contributed by atoms with E-state index in [0.29, 0.717) is 11.4 Å². The minimum atomic E-state index is -0.00140. The summed E-state index contributed by atoms with van der Waals surface area (Å²) in [4.78, 5) is 15.4. The van der Waals surface area contributed by atoms with Gasteiger partial charge in [0.2, 0.25) is 0 Å². The molecule has 0 saturated heterocycles. The summed E-state index contributed by atoms with van der Waals surface area (Å²) in [5, 5.41) is 0. The molecule has 13 heavy (non-hydrogen) atoms. The number of hydrazine groups is 1. The molecule has 3 N–H and O–H groups in total. The maximum Gasteiger partial charge on any atom is 0.166 e. The van der Waals surface area contributed by atoms with E-state index in [-0.39, 0.29) is 11.7 Å². The van der Waals surface area contributed by atoms with Crippen molar-refractivity contribution in [2.75, 3.05) is 5.43 Å². The van der Waals surface area contributed by atoms with Gasteiger partial charge in [-0.25, -0.2) is 10.8 Å². The van der Waals surface area contributed by atoms with Crippen molar-refractivity contribution in [2.24, 2.45) is 11.8 Å². The second kappa shape index (κ2) is 4.00. The molecule has 4 heteroatoms. The normalized spacial score (nSPS) is 10.2. The van der Waals surface area contributed by atoms with Gasteiger partial charge in [0.05, 0.1) is 0 Å². The first-order chi connectivity index (χ1) is 6.15. The molecular weight excluding hydrogens is 166 g/mol. The van der Waals surface area contributed by atoms with Gasteiger partial charge in [0.1, 0.15) is 5.82 Å². The summed E-state index contributed by atoms with van der Waals surface area (Å²) in [6.07, 6.45) is 1.53. The highest BCUT2D eigenvalue weighted by molar-refractivity contribution is 5.97. The van der Waals surface area contributed by atoms with Gasteiger partial charge >= 0.3 is 0 Å². The van der Waals surface area contributed by atoms with Gasteiger partial charge in [0, 0.05) is 17.7 Å². The first-order valence-electron chi connectivity index (χ1n) is 4.12. The molecule has 0 aromatic carbocycles. The Bertz CT molecular complexity index is 292. The second-order valence-corrected chi connectivity index (χ2v) is 3.10. The van der Waals surface area contributed by atoms with Crippen LogP contribution in [0, 0.1) is 5.92 Å². The molecule has 4 nitrogen and oxygen atoms in total. The van der Waals surface area contributed by atoms with Gasteiger partial charge in [-0.1, -0.05) is 13.8 Å². The largest absolute Gasteiger partial charge is 0.308 e. The van der Waals surface area contributed by atoms with Crippen LogP contribution in [0.4, 0.5) is 5.82 Å². The van der Waals surface area contributed by atoms with Crippen molar-refractivity contribution in [2.45, 2.75) is 13.8 Å². The topological polar surface area (TPSA) is 68.0 Å². The number of rotatable bonds is 3. The highest BCUT2D eigenvalue weighted by Crippen LogP contribution is 2.09. The molecule has 0 amide bonds. The fraction of sp³-hybridized carbons (Fsp3) is 0.333. The number of ketones is 1. The van der Waals surface area contributed by atoms with E-state index in [1.165, 1.54) is 6.20 Å². The number of nitrogens with two attached hydrogens (primary N) is 1. The Hall–Kier alpha value is -1.42. The van der Waals surface area contributed by atoms with Crippen LogP contribution in [-0.4, -0.2) is 10.8 Å². The first-order valence-corrected chi connectivity index (χ1v) is 4.12. The molecule has 0 aliphatic rings. The lowest BCUT2D eigenvalue weighted by Gasteiger charge is -2.04. The summed E-state index contributed by atoms with van der Waals surface area (Å²) < 4.78 is 0. The van der Waals surface area contributed by atoms with Crippen LogP contribution in [0.25, 0.3) is 0 Å². The SMILES string of the molecule is CC(C)C(=O)c1ccc(NN)nc1. The Balaban J connectivity index is 2.86. The number of pyridine rings is 1. The van der Waals surface area contributed by atoms with Gasteiger partial charge in [-0.05, 0) is 12.1 Å². The van der Waals surface area contributed by atoms with Crippen molar-refractivity contribution >= 4 is 11.6 Å². The van der Waals surface area contributed by atoms with Crippen LogP contribution >= 0.6 is 0 Å². The van der Waals surface area contributed by atoms with Crippen molar-refractivity contribution in [1.82, 2.24) is 4.98 Å². The second-order valence-electron chi connectivity index (χ2n) is 3.10. The van der Waals surface area contributed by atoms with Gasteiger partial charge in [-0.2, -0.15) is 0 Å². The van der Waals surface area contributed by atoms with E-state index in [2.05, 4.69) is 10.4 Å². The Morgan fingerprint density at radius 1 is 1.54 bits per heavy atom. The van der Waals surface area contributed by atoms with Gasteiger partial charge in [0.15, 0.2) is 5.78 Å². The highest BCUT2D eigenvalue weighted by Gasteiger charge is 2.09. The van der Waals surface area contributed by atoms with E-state index in [1.54, 1.807) is 12.1 Å². The number of Topliss-reactive ketones (excluding diaryl/α,β-unsaturated/α-hetero) is 1. The summed E-state index contributed by atoms with van der Waals surface area (Å²) in [5.74, 6) is 5.79. The van der Waals surface area contributed by atoms with Gasteiger partial charge in [0.25, 0.3) is 0 Å². The smallest absolute Gasteiger partial charge is 0.166 e. The van der Waals surface area contributed by atoms with Gasteiger partial charge < -0.3 is 5.43 Å². The van der Waals surface area contributed by atoms with Crippen LogP contribution in [0.3, 0.4) is 0 Å². The summed E-state index contributed by atoms with van der Waals surface area (Å²) in [7, 11) is 0. The van der Waals surface area contributed by atoms with Crippen LogP contribution in [0.15, 0.2) is 18.3 Å². The minimum Gasteiger partial charge on any atom is -0.308 e. The summed E-state index contributed by atoms with van der Waals surface area (Å²) in [6.45, 7) is 3.72. The number of aromatic nitrogens is 1. The highest BCUT2D eigenvalue weighted by atomic mass is 16.1. The Morgan fingerprint density at radius 3 is 2.62 bits per heavy atom. The number of hydrogen-bond acceptors (Lipinski definition) is 4. The van der Waals surface area contributed by atoms with Crippen LogP contribution < -0.4 is 11.3 Å². The molecule has 1 rings (SSSR count). The summed E-state index contributed by atoms with van der Waals surface area (Å²) in [6, 6.07) is 3.39. The van der Waals surface area contributed by atoms with Crippen molar-refractivity contribution in [1.29, 1.82) is 0 Å². The maximum atomic E-state index is 11.5. The third-order valence-corrected chi connectivity index (χ3v) is 1.72. The standard InChI is InChI=1S/C9H13N3O/c1-6(2)9(13)7-3-4-8(12-10)11-5-7/h3-6H,10H2,1-2H3,(H,11,12). The molecule has 0 fully saturated rings. The third kappa shape index (κ3) is 2.26. The molecular formula is C9H13N3O. The van der Waals surface area contributed by atoms with E-state index >= 15 is 0 Å². The average molecular weight is 179 g/mol. The molecule has 1 aromatic rings. The lowest BCUT2D eigenvalue weighted by Crippen LogP contribution is -2.11. The number of hydrogen-bond donors (Lipinski definition) is 2. The van der Waals surface area contributed by atoms with Crippen molar-refractivity contribution in [3.05, 3.63) is 23.9 Å². The lowest BCUT2D eigenvalue weighted by molar-refractivity contribution is 0.0939. The molecule has 0 spiro atoms. The average Bonchev–Trinajstić information content (AvgIpc) is 2.17. The summed E-state index contributed by atoms with van der Waals surface area (Å²) >= 11 is 0. The number of carbonyl (C=O) groups excluding carboxylic acids is 1. The Morgan fingerprint density at radius 2 is 2.23 bits per heavy atom. The van der Waals surface area contributed by atoms with Gasteiger partial charge in [-0.3, -0.25) is 4.79 Å². The molecule has 0 aliphatic carbocycles. The van der Waals surface area contributed by atoms with Crippen LogP contribution in [-0.2, 0) is 0 Å². The molecule has 0 unspecified atom stereocenters. The lowest BCUT2D eigenvalue weighted by atomic mass is 10.0. The predicted molar refractivity (Wildman–Crippen MR) is 51.2 cm³/mol. The molecule has 0 bridgehead atoms. The number of nitrogens with one attached hydrogen (secondary N) is 1. The van der Waals surface area contributed by atoms with E-state index < -0.39 is 0 Å². The zero-order chi connectivity index (χ0) is 9.84. The number of nitrogens with zero attached hydrogens (tertiary/aromatic N) is 1. The first kappa shape index (κ1) is 9.67. The number of nitrogen functional groups attached to an aromatic ring is 1. The Labute approximate surface area is 77.1 Å². The minimum absolute atomic E-state index is 0.00140. The molecule has 1 heterocycles.